The Labute approximate surface area is 113 Å². The van der Waals surface area contributed by atoms with Gasteiger partial charge in [0.1, 0.15) is 0 Å². The van der Waals surface area contributed by atoms with Crippen LogP contribution in [0.4, 0.5) is 5.95 Å². The summed E-state index contributed by atoms with van der Waals surface area (Å²) in [4.78, 5) is 11.8. The van der Waals surface area contributed by atoms with Crippen molar-refractivity contribution in [2.24, 2.45) is 11.8 Å². The van der Waals surface area contributed by atoms with E-state index in [2.05, 4.69) is 22.0 Å². The highest BCUT2D eigenvalue weighted by Crippen LogP contribution is 2.35. The van der Waals surface area contributed by atoms with Crippen LogP contribution in [-0.4, -0.2) is 23.1 Å². The molecular weight excluding hydrogens is 234 g/mol. The maximum Gasteiger partial charge on any atom is 0.225 e. The van der Waals surface area contributed by atoms with E-state index in [9.17, 15) is 0 Å². The van der Waals surface area contributed by atoms with E-state index in [0.717, 1.165) is 41.8 Å². The Morgan fingerprint density at radius 2 is 1.63 bits per heavy atom. The van der Waals surface area contributed by atoms with Crippen molar-refractivity contribution in [3.63, 3.8) is 0 Å². The summed E-state index contributed by atoms with van der Waals surface area (Å²) >= 11 is 0. The number of hydrogen-bond acceptors (Lipinski definition) is 3. The number of nitrogens with zero attached hydrogens (tertiary/aromatic N) is 3. The lowest BCUT2D eigenvalue weighted by molar-refractivity contribution is 0.326. The molecule has 3 heteroatoms. The molecule has 2 aromatic rings. The molecule has 1 saturated carbocycles. The van der Waals surface area contributed by atoms with Crippen LogP contribution in [0, 0.1) is 11.8 Å². The molecule has 1 aliphatic carbocycles. The molecule has 0 atom stereocenters. The quantitative estimate of drug-likeness (QED) is 0.781. The third kappa shape index (κ3) is 2.07. The SMILES string of the molecule is c1ccc2nc(N3CC4CCC(CC4)C3)ncc2c1. The fourth-order valence-corrected chi connectivity index (χ4v) is 3.57. The van der Waals surface area contributed by atoms with Gasteiger partial charge >= 0.3 is 0 Å². The Hall–Kier alpha value is -1.64. The number of aromatic nitrogens is 2. The molecule has 0 unspecified atom stereocenters. The Kier molecular flexibility index (Phi) is 2.64. The molecule has 2 aliphatic heterocycles. The molecule has 3 aliphatic rings. The lowest BCUT2D eigenvalue weighted by atomic mass is 9.84. The number of para-hydroxylation sites is 1. The molecule has 5 rings (SSSR count). The molecular formula is C16H19N3. The van der Waals surface area contributed by atoms with Crippen LogP contribution in [0.3, 0.4) is 0 Å². The topological polar surface area (TPSA) is 29.0 Å². The van der Waals surface area contributed by atoms with Crippen molar-refractivity contribution < 1.29 is 0 Å². The largest absolute Gasteiger partial charge is 0.340 e. The number of fused-ring (bicyclic) bond motifs is 5. The minimum Gasteiger partial charge on any atom is -0.340 e. The van der Waals surface area contributed by atoms with Crippen LogP contribution in [0.15, 0.2) is 30.5 Å². The van der Waals surface area contributed by atoms with Crippen LogP contribution >= 0.6 is 0 Å². The van der Waals surface area contributed by atoms with Crippen LogP contribution < -0.4 is 4.90 Å². The van der Waals surface area contributed by atoms with E-state index in [4.69, 9.17) is 4.98 Å². The molecule has 2 saturated heterocycles. The normalized spacial score (nSPS) is 26.6. The van der Waals surface area contributed by atoms with Gasteiger partial charge in [-0.05, 0) is 43.6 Å². The zero-order valence-electron chi connectivity index (χ0n) is 11.1. The molecule has 0 radical (unpaired) electrons. The second-order valence-corrected chi connectivity index (χ2v) is 6.02. The third-order valence-electron chi connectivity index (χ3n) is 4.68. The predicted molar refractivity (Wildman–Crippen MR) is 77.2 cm³/mol. The molecule has 0 spiro atoms. The number of anilines is 1. The van der Waals surface area contributed by atoms with Gasteiger partial charge in [0.2, 0.25) is 5.95 Å². The van der Waals surface area contributed by atoms with E-state index in [1.807, 2.05) is 18.3 Å². The van der Waals surface area contributed by atoms with Gasteiger partial charge in [0, 0.05) is 24.7 Å². The van der Waals surface area contributed by atoms with Gasteiger partial charge < -0.3 is 4.90 Å². The van der Waals surface area contributed by atoms with Gasteiger partial charge in [-0.1, -0.05) is 18.2 Å². The zero-order valence-corrected chi connectivity index (χ0v) is 11.1. The molecule has 0 N–H and O–H groups in total. The Balaban J connectivity index is 1.69. The average Bonchev–Trinajstić information content (AvgIpc) is 2.80. The molecule has 19 heavy (non-hydrogen) atoms. The number of benzene rings is 1. The average molecular weight is 253 g/mol. The first-order chi connectivity index (χ1) is 9.38. The summed E-state index contributed by atoms with van der Waals surface area (Å²) < 4.78 is 0. The summed E-state index contributed by atoms with van der Waals surface area (Å²) in [5.74, 6) is 2.64. The van der Waals surface area contributed by atoms with Crippen molar-refractivity contribution in [3.8, 4) is 0 Å². The van der Waals surface area contributed by atoms with Gasteiger partial charge in [-0.3, -0.25) is 0 Å². The van der Waals surface area contributed by atoms with Crippen molar-refractivity contribution in [3.05, 3.63) is 30.5 Å². The standard InChI is InChI=1S/C16H19N3/c1-2-4-15-14(3-1)9-17-16(18-15)19-10-12-5-6-13(11-19)8-7-12/h1-4,9,12-13H,5-8,10-11H2. The second-order valence-electron chi connectivity index (χ2n) is 6.02. The molecule has 3 nitrogen and oxygen atoms in total. The first-order valence-corrected chi connectivity index (χ1v) is 7.35. The monoisotopic (exact) mass is 253 g/mol. The van der Waals surface area contributed by atoms with Crippen molar-refractivity contribution >= 4 is 16.9 Å². The summed E-state index contributed by atoms with van der Waals surface area (Å²) in [5.41, 5.74) is 1.06. The van der Waals surface area contributed by atoms with Crippen LogP contribution in [0.5, 0.6) is 0 Å². The summed E-state index contributed by atoms with van der Waals surface area (Å²) in [6.45, 7) is 2.30. The molecule has 3 fully saturated rings. The van der Waals surface area contributed by atoms with E-state index in [1.165, 1.54) is 25.7 Å². The van der Waals surface area contributed by atoms with Gasteiger partial charge in [-0.25, -0.2) is 9.97 Å². The third-order valence-corrected chi connectivity index (χ3v) is 4.68. The maximum atomic E-state index is 4.75. The van der Waals surface area contributed by atoms with Gasteiger partial charge in [-0.15, -0.1) is 0 Å². The fourth-order valence-electron chi connectivity index (χ4n) is 3.57. The number of rotatable bonds is 1. The molecule has 2 bridgehead atoms. The molecule has 1 aromatic carbocycles. The Bertz CT molecular complexity index is 573. The maximum absolute atomic E-state index is 4.75. The smallest absolute Gasteiger partial charge is 0.225 e. The van der Waals surface area contributed by atoms with Gasteiger partial charge in [0.15, 0.2) is 0 Å². The van der Waals surface area contributed by atoms with E-state index in [-0.39, 0.29) is 0 Å². The Morgan fingerprint density at radius 1 is 0.947 bits per heavy atom. The fraction of sp³-hybridized carbons (Fsp3) is 0.500. The number of hydrogen-bond donors (Lipinski definition) is 0. The lowest BCUT2D eigenvalue weighted by Crippen LogP contribution is -2.29. The van der Waals surface area contributed by atoms with E-state index < -0.39 is 0 Å². The molecule has 98 valence electrons. The molecule has 0 amide bonds. The molecule has 1 aromatic heterocycles. The van der Waals surface area contributed by atoms with Crippen molar-refractivity contribution in [1.29, 1.82) is 0 Å². The van der Waals surface area contributed by atoms with Crippen molar-refractivity contribution in [2.45, 2.75) is 25.7 Å². The summed E-state index contributed by atoms with van der Waals surface area (Å²) in [6, 6.07) is 8.24. The molecule has 3 heterocycles. The second kappa shape index (κ2) is 4.48. The minimum atomic E-state index is 0.855. The minimum absolute atomic E-state index is 0.855. The summed E-state index contributed by atoms with van der Waals surface area (Å²) in [6.07, 6.45) is 7.55. The van der Waals surface area contributed by atoms with Gasteiger partial charge in [-0.2, -0.15) is 0 Å². The lowest BCUT2D eigenvalue weighted by Gasteiger charge is -2.22. The zero-order chi connectivity index (χ0) is 12.7. The Morgan fingerprint density at radius 3 is 2.37 bits per heavy atom. The highest BCUT2D eigenvalue weighted by molar-refractivity contribution is 5.78. The van der Waals surface area contributed by atoms with Crippen molar-refractivity contribution in [2.75, 3.05) is 18.0 Å². The first-order valence-electron chi connectivity index (χ1n) is 7.35. The predicted octanol–water partition coefficient (Wildman–Crippen LogP) is 3.26. The van der Waals surface area contributed by atoms with Gasteiger partial charge in [0.05, 0.1) is 5.52 Å². The highest BCUT2D eigenvalue weighted by atomic mass is 15.3. The van der Waals surface area contributed by atoms with E-state index in [1.54, 1.807) is 0 Å². The van der Waals surface area contributed by atoms with E-state index >= 15 is 0 Å². The summed E-state index contributed by atoms with van der Waals surface area (Å²) in [5, 5.41) is 1.13. The van der Waals surface area contributed by atoms with Crippen LogP contribution in [0.25, 0.3) is 10.9 Å². The van der Waals surface area contributed by atoms with E-state index in [0.29, 0.717) is 0 Å². The van der Waals surface area contributed by atoms with Crippen molar-refractivity contribution in [1.82, 2.24) is 9.97 Å². The summed E-state index contributed by atoms with van der Waals surface area (Å²) in [7, 11) is 0. The van der Waals surface area contributed by atoms with Crippen LogP contribution in [0.2, 0.25) is 0 Å². The van der Waals surface area contributed by atoms with Gasteiger partial charge in [0.25, 0.3) is 0 Å². The first kappa shape index (κ1) is 11.2. The van der Waals surface area contributed by atoms with Crippen LogP contribution in [-0.2, 0) is 0 Å². The van der Waals surface area contributed by atoms with Crippen LogP contribution in [0.1, 0.15) is 25.7 Å². The highest BCUT2D eigenvalue weighted by Gasteiger charge is 2.30.